The van der Waals surface area contributed by atoms with Crippen molar-refractivity contribution >= 4 is 12.0 Å². The Morgan fingerprint density at radius 1 is 1.44 bits per heavy atom. The Morgan fingerprint density at radius 3 is 2.38 bits per heavy atom. The molecule has 2 unspecified atom stereocenters. The van der Waals surface area contributed by atoms with Crippen LogP contribution in [-0.2, 0) is 4.79 Å². The molecule has 0 saturated heterocycles. The number of urea groups is 1. The molecule has 0 aliphatic carbocycles. The zero-order valence-electron chi connectivity index (χ0n) is 9.93. The highest BCUT2D eigenvalue weighted by Crippen LogP contribution is 2.00. The highest BCUT2D eigenvalue weighted by molar-refractivity contribution is 5.75. The van der Waals surface area contributed by atoms with Gasteiger partial charge in [0.05, 0.1) is 12.0 Å². The Bertz CT molecular complexity index is 243. The summed E-state index contributed by atoms with van der Waals surface area (Å²) in [6, 6.07) is -0.374. The third kappa shape index (κ3) is 5.55. The minimum absolute atomic E-state index is 0.106. The van der Waals surface area contributed by atoms with E-state index in [0.717, 1.165) is 0 Å². The second-order valence-corrected chi connectivity index (χ2v) is 3.86. The van der Waals surface area contributed by atoms with E-state index in [0.29, 0.717) is 6.42 Å². The second kappa shape index (κ2) is 7.05. The molecular weight excluding hydrogens is 212 g/mol. The van der Waals surface area contributed by atoms with Crippen LogP contribution < -0.4 is 5.32 Å². The topological polar surface area (TPSA) is 89.9 Å². The first-order valence-electron chi connectivity index (χ1n) is 5.28. The predicted molar refractivity (Wildman–Crippen MR) is 59.1 cm³/mol. The third-order valence-electron chi connectivity index (χ3n) is 2.23. The number of rotatable bonds is 6. The lowest BCUT2D eigenvalue weighted by atomic mass is 10.1. The van der Waals surface area contributed by atoms with Crippen LogP contribution in [0.25, 0.3) is 0 Å². The molecule has 0 aromatic heterocycles. The van der Waals surface area contributed by atoms with Crippen molar-refractivity contribution in [2.45, 2.75) is 26.4 Å². The average molecular weight is 232 g/mol. The van der Waals surface area contributed by atoms with Crippen LogP contribution in [0, 0.1) is 5.92 Å². The van der Waals surface area contributed by atoms with Gasteiger partial charge >= 0.3 is 12.0 Å². The molecule has 0 radical (unpaired) electrons. The average Bonchev–Trinajstić information content (AvgIpc) is 2.16. The van der Waals surface area contributed by atoms with Gasteiger partial charge < -0.3 is 20.4 Å². The van der Waals surface area contributed by atoms with Crippen molar-refractivity contribution in [2.24, 2.45) is 5.92 Å². The van der Waals surface area contributed by atoms with Gasteiger partial charge in [-0.2, -0.15) is 0 Å². The van der Waals surface area contributed by atoms with Crippen LogP contribution in [0.1, 0.15) is 20.3 Å². The quantitative estimate of drug-likeness (QED) is 0.606. The van der Waals surface area contributed by atoms with Gasteiger partial charge in [-0.1, -0.05) is 6.92 Å². The van der Waals surface area contributed by atoms with Crippen LogP contribution in [0.5, 0.6) is 0 Å². The molecule has 0 aromatic carbocycles. The fourth-order valence-electron chi connectivity index (χ4n) is 1.23. The molecule has 0 bridgehead atoms. The van der Waals surface area contributed by atoms with E-state index < -0.39 is 18.0 Å². The van der Waals surface area contributed by atoms with Crippen molar-refractivity contribution in [3.8, 4) is 0 Å². The van der Waals surface area contributed by atoms with Gasteiger partial charge in [0.15, 0.2) is 0 Å². The zero-order chi connectivity index (χ0) is 12.7. The molecule has 94 valence electrons. The number of aliphatic hydroxyl groups excluding tert-OH is 1. The standard InChI is InChI=1S/C10H20N2O4/c1-4-8(9(14)15)5-11-10(16)12(3)6-7(2)13/h7-8,13H,4-6H2,1-3H3,(H,11,16)(H,14,15). The maximum absolute atomic E-state index is 11.4. The number of nitrogens with zero attached hydrogens (tertiary/aromatic N) is 1. The van der Waals surface area contributed by atoms with E-state index in [4.69, 9.17) is 10.2 Å². The lowest BCUT2D eigenvalue weighted by Crippen LogP contribution is -2.43. The maximum Gasteiger partial charge on any atom is 0.317 e. The van der Waals surface area contributed by atoms with Crippen LogP contribution in [0.4, 0.5) is 4.79 Å². The number of aliphatic hydroxyl groups is 1. The van der Waals surface area contributed by atoms with E-state index in [2.05, 4.69) is 5.32 Å². The maximum atomic E-state index is 11.4. The number of hydrogen-bond acceptors (Lipinski definition) is 3. The summed E-state index contributed by atoms with van der Waals surface area (Å²) in [5.41, 5.74) is 0. The van der Waals surface area contributed by atoms with Gasteiger partial charge in [-0.25, -0.2) is 4.79 Å². The summed E-state index contributed by atoms with van der Waals surface area (Å²) in [5.74, 6) is -1.48. The molecule has 6 heteroatoms. The highest BCUT2D eigenvalue weighted by Gasteiger charge is 2.17. The van der Waals surface area contributed by atoms with Gasteiger partial charge in [-0.15, -0.1) is 0 Å². The Hall–Kier alpha value is -1.30. The fourth-order valence-corrected chi connectivity index (χ4v) is 1.23. The Labute approximate surface area is 95.2 Å². The summed E-state index contributed by atoms with van der Waals surface area (Å²) in [6.45, 7) is 3.66. The first-order valence-corrected chi connectivity index (χ1v) is 5.28. The lowest BCUT2D eigenvalue weighted by Gasteiger charge is -2.20. The van der Waals surface area contributed by atoms with Crippen LogP contribution in [-0.4, -0.2) is 53.4 Å². The van der Waals surface area contributed by atoms with E-state index in [1.165, 1.54) is 4.90 Å². The number of likely N-dealkylation sites (N-methyl/N-ethyl adjacent to an activating group) is 1. The Morgan fingerprint density at radius 2 is 2.00 bits per heavy atom. The number of carbonyl (C=O) groups is 2. The van der Waals surface area contributed by atoms with Gasteiger partial charge in [0.25, 0.3) is 0 Å². The molecule has 16 heavy (non-hydrogen) atoms. The van der Waals surface area contributed by atoms with E-state index >= 15 is 0 Å². The molecule has 0 aliphatic rings. The number of carbonyl (C=O) groups excluding carboxylic acids is 1. The second-order valence-electron chi connectivity index (χ2n) is 3.86. The molecular formula is C10H20N2O4. The SMILES string of the molecule is CCC(CNC(=O)N(C)CC(C)O)C(=O)O. The number of nitrogens with one attached hydrogen (secondary N) is 1. The van der Waals surface area contributed by atoms with Crippen LogP contribution >= 0.6 is 0 Å². The van der Waals surface area contributed by atoms with Gasteiger partial charge in [0.2, 0.25) is 0 Å². The van der Waals surface area contributed by atoms with Crippen molar-refractivity contribution in [1.82, 2.24) is 10.2 Å². The Balaban J connectivity index is 4.00. The van der Waals surface area contributed by atoms with E-state index in [-0.39, 0.29) is 19.1 Å². The van der Waals surface area contributed by atoms with E-state index in [1.807, 2.05) is 0 Å². The molecule has 0 saturated carbocycles. The molecule has 0 aromatic rings. The van der Waals surface area contributed by atoms with Gasteiger partial charge in [-0.3, -0.25) is 4.79 Å². The number of carboxylic acid groups (broad SMARTS) is 1. The van der Waals surface area contributed by atoms with Gasteiger partial charge in [-0.05, 0) is 13.3 Å². The van der Waals surface area contributed by atoms with Gasteiger partial charge in [0.1, 0.15) is 0 Å². The summed E-state index contributed by atoms with van der Waals surface area (Å²) >= 11 is 0. The molecule has 3 N–H and O–H groups in total. The summed E-state index contributed by atoms with van der Waals surface area (Å²) in [6.07, 6.45) is -0.132. The summed E-state index contributed by atoms with van der Waals surface area (Å²) in [5, 5.41) is 20.3. The predicted octanol–water partition coefficient (Wildman–Crippen LogP) is 0.119. The number of aliphatic carboxylic acids is 1. The first-order chi connectivity index (χ1) is 7.38. The molecule has 0 fully saturated rings. The Kier molecular flexibility index (Phi) is 6.48. The normalized spacial score (nSPS) is 14.0. The fraction of sp³-hybridized carbons (Fsp3) is 0.800. The molecule has 6 nitrogen and oxygen atoms in total. The molecule has 2 atom stereocenters. The number of carboxylic acids is 1. The molecule has 0 heterocycles. The smallest absolute Gasteiger partial charge is 0.317 e. The van der Waals surface area contributed by atoms with Gasteiger partial charge in [0, 0.05) is 20.1 Å². The molecule has 0 spiro atoms. The third-order valence-corrected chi connectivity index (χ3v) is 2.23. The molecule has 2 amide bonds. The number of hydrogen-bond donors (Lipinski definition) is 3. The van der Waals surface area contributed by atoms with Crippen LogP contribution in [0.15, 0.2) is 0 Å². The van der Waals surface area contributed by atoms with Crippen LogP contribution in [0.3, 0.4) is 0 Å². The summed E-state index contributed by atoms with van der Waals surface area (Å²) in [7, 11) is 1.55. The summed E-state index contributed by atoms with van der Waals surface area (Å²) < 4.78 is 0. The van der Waals surface area contributed by atoms with E-state index in [9.17, 15) is 9.59 Å². The summed E-state index contributed by atoms with van der Waals surface area (Å²) in [4.78, 5) is 23.4. The van der Waals surface area contributed by atoms with Crippen molar-refractivity contribution in [2.75, 3.05) is 20.1 Å². The molecule has 0 rings (SSSR count). The van der Waals surface area contributed by atoms with Crippen molar-refractivity contribution in [1.29, 1.82) is 0 Å². The van der Waals surface area contributed by atoms with Crippen LogP contribution in [0.2, 0.25) is 0 Å². The van der Waals surface area contributed by atoms with Crippen molar-refractivity contribution in [3.05, 3.63) is 0 Å². The number of amides is 2. The van der Waals surface area contributed by atoms with E-state index in [1.54, 1.807) is 20.9 Å². The largest absolute Gasteiger partial charge is 0.481 e. The van der Waals surface area contributed by atoms with Crippen molar-refractivity contribution < 1.29 is 19.8 Å². The first kappa shape index (κ1) is 14.7. The minimum atomic E-state index is -0.916. The highest BCUT2D eigenvalue weighted by atomic mass is 16.4. The molecule has 0 aliphatic heterocycles. The zero-order valence-corrected chi connectivity index (χ0v) is 9.93. The van der Waals surface area contributed by atoms with Crippen molar-refractivity contribution in [3.63, 3.8) is 0 Å². The minimum Gasteiger partial charge on any atom is -0.481 e. The monoisotopic (exact) mass is 232 g/mol. The lowest BCUT2D eigenvalue weighted by molar-refractivity contribution is -0.141.